The summed E-state index contributed by atoms with van der Waals surface area (Å²) in [6, 6.07) is 4.06. The van der Waals surface area contributed by atoms with Crippen molar-refractivity contribution in [2.75, 3.05) is 0 Å². The van der Waals surface area contributed by atoms with Gasteiger partial charge in [0, 0.05) is 15.4 Å². The van der Waals surface area contributed by atoms with Crippen LogP contribution in [0, 0.1) is 0 Å². The number of aromatic amines is 1. The van der Waals surface area contributed by atoms with Gasteiger partial charge in [-0.25, -0.2) is 4.98 Å². The van der Waals surface area contributed by atoms with Crippen LogP contribution < -0.4 is 0 Å². The number of H-pyrrole nitrogens is 1. The molecular formula is C14H18Br2N2. The fourth-order valence-corrected chi connectivity index (χ4v) is 2.93. The topological polar surface area (TPSA) is 28.7 Å². The highest BCUT2D eigenvalue weighted by Gasteiger charge is 2.08. The van der Waals surface area contributed by atoms with Crippen molar-refractivity contribution < 1.29 is 0 Å². The smallest absolute Gasteiger partial charge is 0.107 e. The summed E-state index contributed by atoms with van der Waals surface area (Å²) in [5.41, 5.74) is 2.11. The molecule has 0 atom stereocenters. The van der Waals surface area contributed by atoms with Gasteiger partial charge in [-0.05, 0) is 50.4 Å². The van der Waals surface area contributed by atoms with Gasteiger partial charge >= 0.3 is 0 Å². The molecule has 2 nitrogen and oxygen atoms in total. The summed E-state index contributed by atoms with van der Waals surface area (Å²) < 4.78 is 2.12. The molecule has 1 aromatic heterocycles. The Morgan fingerprint density at radius 3 is 2.50 bits per heavy atom. The Balaban J connectivity index is 2.02. The standard InChI is InChI=1S/C14H18Br2N2/c1-2-3-4-5-6-7-12-17-13-10(15)8-9-11(16)14(13)18-12/h8-9H,2-7H2,1H3,(H,17,18). The number of hydrogen-bond donors (Lipinski definition) is 1. The lowest BCUT2D eigenvalue weighted by Crippen LogP contribution is -1.88. The van der Waals surface area contributed by atoms with Crippen LogP contribution in [0.4, 0.5) is 0 Å². The van der Waals surface area contributed by atoms with Crippen molar-refractivity contribution in [2.24, 2.45) is 0 Å². The summed E-state index contributed by atoms with van der Waals surface area (Å²) in [4.78, 5) is 8.07. The normalized spacial score (nSPS) is 11.3. The Labute approximate surface area is 125 Å². The van der Waals surface area contributed by atoms with E-state index in [0.717, 1.165) is 32.2 Å². The maximum Gasteiger partial charge on any atom is 0.107 e. The van der Waals surface area contributed by atoms with Crippen LogP contribution in [-0.4, -0.2) is 9.97 Å². The molecule has 18 heavy (non-hydrogen) atoms. The predicted octanol–water partition coefficient (Wildman–Crippen LogP) is 5.60. The zero-order valence-electron chi connectivity index (χ0n) is 10.6. The first-order chi connectivity index (χ1) is 8.72. The molecule has 4 heteroatoms. The van der Waals surface area contributed by atoms with E-state index >= 15 is 0 Å². The quantitative estimate of drug-likeness (QED) is 0.655. The molecule has 0 fully saturated rings. The highest BCUT2D eigenvalue weighted by molar-refractivity contribution is 9.11. The number of hydrogen-bond acceptors (Lipinski definition) is 1. The van der Waals surface area contributed by atoms with E-state index in [-0.39, 0.29) is 0 Å². The molecule has 0 amide bonds. The van der Waals surface area contributed by atoms with Crippen molar-refractivity contribution in [3.63, 3.8) is 0 Å². The van der Waals surface area contributed by atoms with Crippen molar-refractivity contribution in [3.8, 4) is 0 Å². The van der Waals surface area contributed by atoms with Crippen LogP contribution in [0.3, 0.4) is 0 Å². The van der Waals surface area contributed by atoms with Crippen LogP contribution in [-0.2, 0) is 6.42 Å². The fourth-order valence-electron chi connectivity index (χ4n) is 2.09. The van der Waals surface area contributed by atoms with Gasteiger partial charge in [-0.15, -0.1) is 0 Å². The molecular weight excluding hydrogens is 356 g/mol. The molecule has 0 aliphatic heterocycles. The highest BCUT2D eigenvalue weighted by atomic mass is 79.9. The van der Waals surface area contributed by atoms with E-state index < -0.39 is 0 Å². The maximum absolute atomic E-state index is 4.66. The zero-order valence-corrected chi connectivity index (χ0v) is 13.8. The van der Waals surface area contributed by atoms with Crippen LogP contribution in [0.15, 0.2) is 21.1 Å². The second-order valence-electron chi connectivity index (χ2n) is 4.60. The third-order valence-electron chi connectivity index (χ3n) is 3.11. The molecule has 0 saturated carbocycles. The largest absolute Gasteiger partial charge is 0.341 e. The number of benzene rings is 1. The molecule has 2 aromatic rings. The number of aromatic nitrogens is 2. The molecule has 0 radical (unpaired) electrons. The summed E-state index contributed by atoms with van der Waals surface area (Å²) in [6.45, 7) is 2.24. The summed E-state index contributed by atoms with van der Waals surface area (Å²) in [5.74, 6) is 1.09. The summed E-state index contributed by atoms with van der Waals surface area (Å²) in [5, 5.41) is 0. The van der Waals surface area contributed by atoms with Crippen LogP contribution >= 0.6 is 31.9 Å². The summed E-state index contributed by atoms with van der Waals surface area (Å²) >= 11 is 7.10. The average molecular weight is 374 g/mol. The molecule has 2 rings (SSSR count). The van der Waals surface area contributed by atoms with E-state index in [1.807, 2.05) is 12.1 Å². The molecule has 0 bridgehead atoms. The molecule has 1 N–H and O–H groups in total. The van der Waals surface area contributed by atoms with E-state index in [2.05, 4.69) is 48.8 Å². The molecule has 1 aromatic carbocycles. The Hall–Kier alpha value is -0.350. The molecule has 0 spiro atoms. The predicted molar refractivity (Wildman–Crippen MR) is 84.0 cm³/mol. The number of nitrogens with one attached hydrogen (secondary N) is 1. The Bertz CT molecular complexity index is 481. The molecule has 98 valence electrons. The maximum atomic E-state index is 4.66. The van der Waals surface area contributed by atoms with Crippen LogP contribution in [0.1, 0.15) is 44.9 Å². The van der Waals surface area contributed by atoms with E-state index in [1.54, 1.807) is 0 Å². The van der Waals surface area contributed by atoms with E-state index in [9.17, 15) is 0 Å². The summed E-state index contributed by atoms with van der Waals surface area (Å²) in [6.07, 6.45) is 7.53. The summed E-state index contributed by atoms with van der Waals surface area (Å²) in [7, 11) is 0. The number of nitrogens with zero attached hydrogens (tertiary/aromatic N) is 1. The Morgan fingerprint density at radius 1 is 1.06 bits per heavy atom. The zero-order chi connectivity index (χ0) is 13.0. The third kappa shape index (κ3) is 3.35. The van der Waals surface area contributed by atoms with Gasteiger partial charge in [0.25, 0.3) is 0 Å². The molecule has 0 aliphatic rings. The van der Waals surface area contributed by atoms with Gasteiger partial charge in [0.15, 0.2) is 0 Å². The first kappa shape index (κ1) is 14.1. The number of halogens is 2. The number of aryl methyl sites for hydroxylation is 1. The minimum Gasteiger partial charge on any atom is -0.341 e. The van der Waals surface area contributed by atoms with Gasteiger partial charge < -0.3 is 4.98 Å². The second kappa shape index (κ2) is 6.71. The first-order valence-corrected chi connectivity index (χ1v) is 8.13. The van der Waals surface area contributed by atoms with Gasteiger partial charge in [-0.2, -0.15) is 0 Å². The van der Waals surface area contributed by atoms with Crippen molar-refractivity contribution in [3.05, 3.63) is 26.9 Å². The van der Waals surface area contributed by atoms with Crippen molar-refractivity contribution in [1.29, 1.82) is 0 Å². The first-order valence-electron chi connectivity index (χ1n) is 6.55. The number of imidazole rings is 1. The number of rotatable bonds is 6. The van der Waals surface area contributed by atoms with E-state index in [1.165, 1.54) is 32.1 Å². The van der Waals surface area contributed by atoms with Gasteiger partial charge in [0.2, 0.25) is 0 Å². The van der Waals surface area contributed by atoms with Crippen molar-refractivity contribution in [2.45, 2.75) is 45.4 Å². The molecule has 0 aliphatic carbocycles. The lowest BCUT2D eigenvalue weighted by atomic mass is 10.1. The minimum atomic E-state index is 1.02. The second-order valence-corrected chi connectivity index (χ2v) is 6.31. The van der Waals surface area contributed by atoms with Crippen LogP contribution in [0.2, 0.25) is 0 Å². The SMILES string of the molecule is CCCCCCCc1nc2c(Br)ccc(Br)c2[nH]1. The molecule has 1 heterocycles. The average Bonchev–Trinajstić information content (AvgIpc) is 2.79. The van der Waals surface area contributed by atoms with Crippen LogP contribution in [0.5, 0.6) is 0 Å². The Morgan fingerprint density at radius 2 is 1.78 bits per heavy atom. The highest BCUT2D eigenvalue weighted by Crippen LogP contribution is 2.28. The van der Waals surface area contributed by atoms with E-state index in [0.29, 0.717) is 0 Å². The van der Waals surface area contributed by atoms with Crippen LogP contribution in [0.25, 0.3) is 11.0 Å². The number of unbranched alkanes of at least 4 members (excludes halogenated alkanes) is 4. The number of fused-ring (bicyclic) bond motifs is 1. The molecule has 0 saturated heterocycles. The lowest BCUT2D eigenvalue weighted by Gasteiger charge is -1.97. The Kier molecular flexibility index (Phi) is 5.25. The van der Waals surface area contributed by atoms with E-state index in [4.69, 9.17) is 0 Å². The van der Waals surface area contributed by atoms with Gasteiger partial charge in [0.1, 0.15) is 11.3 Å². The fraction of sp³-hybridized carbons (Fsp3) is 0.500. The lowest BCUT2D eigenvalue weighted by molar-refractivity contribution is 0.625. The molecule has 0 unspecified atom stereocenters. The third-order valence-corrected chi connectivity index (χ3v) is 4.41. The van der Waals surface area contributed by atoms with Gasteiger partial charge in [0.05, 0.1) is 5.52 Å². The minimum absolute atomic E-state index is 1.02. The van der Waals surface area contributed by atoms with Crippen molar-refractivity contribution in [1.82, 2.24) is 9.97 Å². The van der Waals surface area contributed by atoms with Crippen molar-refractivity contribution >= 4 is 42.9 Å². The van der Waals surface area contributed by atoms with Gasteiger partial charge in [-0.1, -0.05) is 32.6 Å². The van der Waals surface area contributed by atoms with Gasteiger partial charge in [-0.3, -0.25) is 0 Å². The monoisotopic (exact) mass is 372 g/mol.